The smallest absolute Gasteiger partial charge is 0.191 e. The molecule has 170 valence electrons. The van der Waals surface area contributed by atoms with Crippen LogP contribution in [-0.2, 0) is 0 Å². The van der Waals surface area contributed by atoms with Gasteiger partial charge in [-0.05, 0) is 45.7 Å². The number of nitrogens with one attached hydrogen (secondary N) is 2. The average Bonchev–Trinajstić information content (AvgIpc) is 2.77. The molecule has 7 heteroatoms. The molecule has 2 aliphatic rings. The highest BCUT2D eigenvalue weighted by atomic mass is 127. The Bertz CT molecular complexity index is 622. The van der Waals surface area contributed by atoms with Gasteiger partial charge in [-0.1, -0.05) is 18.2 Å². The number of anilines is 1. The fourth-order valence-electron chi connectivity index (χ4n) is 4.38. The maximum absolute atomic E-state index is 4.46. The monoisotopic (exact) mass is 528 g/mol. The average molecular weight is 529 g/mol. The molecule has 2 heterocycles. The standard InChI is InChI=1S/C23H40N6.HI/c1-19(2)27-12-10-21(11-13-27)26-23(24-4)25-18-20(3)28-14-16-29(17-15-28)22-8-6-5-7-9-22;/h5-9,19-21H,10-18H2,1-4H3,(H2,24,25,26);1H. The van der Waals surface area contributed by atoms with Gasteiger partial charge in [0.1, 0.15) is 0 Å². The van der Waals surface area contributed by atoms with Gasteiger partial charge in [0.2, 0.25) is 0 Å². The largest absolute Gasteiger partial charge is 0.369 e. The van der Waals surface area contributed by atoms with E-state index < -0.39 is 0 Å². The molecule has 2 saturated heterocycles. The number of hydrogen-bond donors (Lipinski definition) is 2. The third-order valence-corrected chi connectivity index (χ3v) is 6.45. The van der Waals surface area contributed by atoms with Crippen molar-refractivity contribution in [2.75, 3.05) is 57.8 Å². The highest BCUT2D eigenvalue weighted by molar-refractivity contribution is 14.0. The SMILES string of the molecule is CN=C(NCC(C)N1CCN(c2ccccc2)CC1)NC1CCN(C(C)C)CC1.I. The summed E-state index contributed by atoms with van der Waals surface area (Å²) in [5, 5.41) is 7.20. The van der Waals surface area contributed by atoms with Crippen molar-refractivity contribution in [3.05, 3.63) is 30.3 Å². The Labute approximate surface area is 200 Å². The molecule has 2 N–H and O–H groups in total. The topological polar surface area (TPSA) is 46.1 Å². The maximum Gasteiger partial charge on any atom is 0.191 e. The normalized spacial score (nSPS) is 20.7. The third kappa shape index (κ3) is 7.27. The van der Waals surface area contributed by atoms with Crippen molar-refractivity contribution in [2.45, 2.75) is 51.7 Å². The summed E-state index contributed by atoms with van der Waals surface area (Å²) in [7, 11) is 1.88. The zero-order valence-electron chi connectivity index (χ0n) is 19.2. The molecule has 0 saturated carbocycles. The van der Waals surface area contributed by atoms with Gasteiger partial charge in [-0.15, -0.1) is 24.0 Å². The molecule has 1 atom stereocenters. The van der Waals surface area contributed by atoms with Crippen molar-refractivity contribution in [2.24, 2.45) is 4.99 Å². The van der Waals surface area contributed by atoms with Crippen molar-refractivity contribution >= 4 is 35.6 Å². The molecular formula is C23H41IN6. The summed E-state index contributed by atoms with van der Waals surface area (Å²) >= 11 is 0. The van der Waals surface area contributed by atoms with E-state index in [0.29, 0.717) is 18.1 Å². The summed E-state index contributed by atoms with van der Waals surface area (Å²) in [6, 6.07) is 12.4. The van der Waals surface area contributed by atoms with Crippen molar-refractivity contribution in [1.29, 1.82) is 0 Å². The van der Waals surface area contributed by atoms with E-state index in [9.17, 15) is 0 Å². The van der Waals surface area contributed by atoms with E-state index in [1.54, 1.807) is 0 Å². The Morgan fingerprint density at radius 1 is 0.967 bits per heavy atom. The van der Waals surface area contributed by atoms with E-state index in [4.69, 9.17) is 0 Å². The van der Waals surface area contributed by atoms with Gasteiger partial charge < -0.3 is 20.4 Å². The molecular weight excluding hydrogens is 487 g/mol. The number of benzene rings is 1. The highest BCUT2D eigenvalue weighted by Crippen LogP contribution is 2.16. The van der Waals surface area contributed by atoms with Crippen LogP contribution in [0.25, 0.3) is 0 Å². The Morgan fingerprint density at radius 3 is 2.17 bits per heavy atom. The highest BCUT2D eigenvalue weighted by Gasteiger charge is 2.23. The lowest BCUT2D eigenvalue weighted by Gasteiger charge is -2.39. The van der Waals surface area contributed by atoms with Crippen LogP contribution in [0.3, 0.4) is 0 Å². The first-order chi connectivity index (χ1) is 14.1. The minimum Gasteiger partial charge on any atom is -0.369 e. The summed E-state index contributed by atoms with van der Waals surface area (Å²) < 4.78 is 0. The van der Waals surface area contributed by atoms with Crippen LogP contribution >= 0.6 is 24.0 Å². The Balaban J connectivity index is 0.00000320. The predicted octanol–water partition coefficient (Wildman–Crippen LogP) is 2.85. The first kappa shape index (κ1) is 25.2. The van der Waals surface area contributed by atoms with Crippen LogP contribution in [-0.4, -0.2) is 86.7 Å². The van der Waals surface area contributed by atoms with Gasteiger partial charge in [-0.2, -0.15) is 0 Å². The molecule has 0 bridgehead atoms. The minimum absolute atomic E-state index is 0. The minimum atomic E-state index is 0. The molecule has 2 aliphatic heterocycles. The van der Waals surface area contributed by atoms with Crippen molar-refractivity contribution in [1.82, 2.24) is 20.4 Å². The van der Waals surface area contributed by atoms with Gasteiger partial charge in [0.05, 0.1) is 0 Å². The van der Waals surface area contributed by atoms with Crippen molar-refractivity contribution in [3.63, 3.8) is 0 Å². The van der Waals surface area contributed by atoms with Gasteiger partial charge in [-0.25, -0.2) is 0 Å². The summed E-state index contributed by atoms with van der Waals surface area (Å²) in [5.41, 5.74) is 1.34. The van der Waals surface area contributed by atoms with Crippen molar-refractivity contribution < 1.29 is 0 Å². The summed E-state index contributed by atoms with van der Waals surface area (Å²) in [4.78, 5) is 12.1. The van der Waals surface area contributed by atoms with Gasteiger partial charge in [0, 0.05) is 76.7 Å². The predicted molar refractivity (Wildman–Crippen MR) is 139 cm³/mol. The first-order valence-electron chi connectivity index (χ1n) is 11.3. The summed E-state index contributed by atoms with van der Waals surface area (Å²) in [6.07, 6.45) is 2.38. The first-order valence-corrected chi connectivity index (χ1v) is 11.3. The quantitative estimate of drug-likeness (QED) is 0.338. The molecule has 30 heavy (non-hydrogen) atoms. The lowest BCUT2D eigenvalue weighted by Crippen LogP contribution is -2.54. The van der Waals surface area contributed by atoms with Crippen LogP contribution in [0.1, 0.15) is 33.6 Å². The van der Waals surface area contributed by atoms with E-state index >= 15 is 0 Å². The number of rotatable bonds is 6. The van der Waals surface area contributed by atoms with Crippen LogP contribution in [0.2, 0.25) is 0 Å². The molecule has 1 unspecified atom stereocenters. The van der Waals surface area contributed by atoms with Crippen LogP contribution in [0.15, 0.2) is 35.3 Å². The second-order valence-electron chi connectivity index (χ2n) is 8.71. The lowest BCUT2D eigenvalue weighted by molar-refractivity contribution is 0.167. The molecule has 3 rings (SSSR count). The van der Waals surface area contributed by atoms with E-state index in [1.165, 1.54) is 31.6 Å². The summed E-state index contributed by atoms with van der Waals surface area (Å²) in [5.74, 6) is 0.947. The molecule has 2 fully saturated rings. The number of halogens is 1. The Hall–Kier alpha value is -1.06. The van der Waals surface area contributed by atoms with Crippen LogP contribution < -0.4 is 15.5 Å². The Morgan fingerprint density at radius 2 is 1.60 bits per heavy atom. The molecule has 0 aromatic heterocycles. The van der Waals surface area contributed by atoms with Crippen LogP contribution in [0.4, 0.5) is 5.69 Å². The van der Waals surface area contributed by atoms with Crippen molar-refractivity contribution in [3.8, 4) is 0 Å². The second kappa shape index (κ2) is 12.7. The number of guanidine groups is 1. The molecule has 0 amide bonds. The molecule has 1 aromatic rings. The van der Waals surface area contributed by atoms with Gasteiger partial charge in [0.15, 0.2) is 5.96 Å². The fourth-order valence-corrected chi connectivity index (χ4v) is 4.38. The molecule has 0 radical (unpaired) electrons. The second-order valence-corrected chi connectivity index (χ2v) is 8.71. The van der Waals surface area contributed by atoms with Crippen LogP contribution in [0.5, 0.6) is 0 Å². The van der Waals surface area contributed by atoms with E-state index in [2.05, 4.69) is 81.4 Å². The molecule has 1 aromatic carbocycles. The van der Waals surface area contributed by atoms with E-state index in [1.807, 2.05) is 7.05 Å². The molecule has 0 spiro atoms. The van der Waals surface area contributed by atoms with E-state index in [-0.39, 0.29) is 24.0 Å². The number of para-hydroxylation sites is 1. The molecule has 0 aliphatic carbocycles. The number of likely N-dealkylation sites (tertiary alicyclic amines) is 1. The number of hydrogen-bond acceptors (Lipinski definition) is 4. The zero-order chi connectivity index (χ0) is 20.6. The van der Waals surface area contributed by atoms with Gasteiger partial charge >= 0.3 is 0 Å². The third-order valence-electron chi connectivity index (χ3n) is 6.45. The Kier molecular flexibility index (Phi) is 10.7. The number of aliphatic imine (C=N–C) groups is 1. The summed E-state index contributed by atoms with van der Waals surface area (Å²) in [6.45, 7) is 14.6. The fraction of sp³-hybridized carbons (Fsp3) is 0.696. The van der Waals surface area contributed by atoms with E-state index in [0.717, 1.165) is 38.7 Å². The van der Waals surface area contributed by atoms with Gasteiger partial charge in [-0.3, -0.25) is 9.89 Å². The number of piperazine rings is 1. The maximum atomic E-state index is 4.46. The van der Waals surface area contributed by atoms with Crippen LogP contribution in [0, 0.1) is 0 Å². The van der Waals surface area contributed by atoms with Gasteiger partial charge in [0.25, 0.3) is 0 Å². The zero-order valence-corrected chi connectivity index (χ0v) is 21.5. The molecule has 6 nitrogen and oxygen atoms in total. The lowest BCUT2D eigenvalue weighted by atomic mass is 10.0. The number of piperidine rings is 1. The number of nitrogens with zero attached hydrogens (tertiary/aromatic N) is 4.